The Hall–Kier alpha value is -1.43. The number of amides is 1. The number of carbonyl (C=O) groups is 1. The highest BCUT2D eigenvalue weighted by atomic mass is 32.2. The average Bonchev–Trinajstić information content (AvgIpc) is 3.15. The zero-order valence-electron chi connectivity index (χ0n) is 16.7. The van der Waals surface area contributed by atoms with Crippen molar-refractivity contribution in [2.75, 3.05) is 24.2 Å². The first-order valence-corrected chi connectivity index (χ1v) is 13.0. The van der Waals surface area contributed by atoms with Crippen molar-refractivity contribution in [3.05, 3.63) is 34.2 Å². The Balaban J connectivity index is 1.36. The summed E-state index contributed by atoms with van der Waals surface area (Å²) in [4.78, 5) is 27.0. The Kier molecular flexibility index (Phi) is 6.81. The fraction of sp³-hybridized carbons (Fsp3) is 0.526. The molecule has 0 saturated carbocycles. The van der Waals surface area contributed by atoms with Gasteiger partial charge in [-0.05, 0) is 31.1 Å². The molecule has 4 heterocycles. The lowest BCUT2D eigenvalue weighted by molar-refractivity contribution is -0.115. The first-order chi connectivity index (χ1) is 14.4. The number of hydrogen-bond acceptors (Lipinski definition) is 8. The second-order valence-electron chi connectivity index (χ2n) is 7.42. The van der Waals surface area contributed by atoms with Crippen molar-refractivity contribution in [1.82, 2.24) is 19.7 Å². The quantitative estimate of drug-likeness (QED) is 0.396. The minimum Gasteiger partial charge on any atom is -0.356 e. The van der Waals surface area contributed by atoms with Crippen LogP contribution < -0.4 is 10.9 Å². The van der Waals surface area contributed by atoms with Crippen LogP contribution in [-0.4, -0.2) is 54.0 Å². The Morgan fingerprint density at radius 1 is 1.37 bits per heavy atom. The molecule has 160 valence electrons. The van der Waals surface area contributed by atoms with Crippen LogP contribution in [0.25, 0.3) is 0 Å². The first-order valence-electron chi connectivity index (χ1n) is 9.87. The second kappa shape index (κ2) is 9.37. The van der Waals surface area contributed by atoms with Crippen LogP contribution in [0, 0.1) is 5.92 Å². The van der Waals surface area contributed by atoms with Crippen LogP contribution in [0.1, 0.15) is 31.9 Å². The summed E-state index contributed by atoms with van der Waals surface area (Å²) in [5.74, 6) is 1.49. The Morgan fingerprint density at radius 2 is 2.20 bits per heavy atom. The Bertz CT molecular complexity index is 1010. The summed E-state index contributed by atoms with van der Waals surface area (Å²) in [5.41, 5.74) is 1.18. The zero-order valence-corrected chi connectivity index (χ0v) is 20.0. The number of nitrogens with zero attached hydrogens (tertiary/aromatic N) is 4. The third-order valence-corrected chi connectivity index (χ3v) is 8.72. The normalized spacial score (nSPS) is 21.1. The van der Waals surface area contributed by atoms with Gasteiger partial charge in [0.25, 0.3) is 5.56 Å². The van der Waals surface area contributed by atoms with Crippen LogP contribution >= 0.6 is 47.1 Å². The van der Waals surface area contributed by atoms with Gasteiger partial charge in [-0.25, -0.2) is 0 Å². The smallest absolute Gasteiger partial charge is 0.250 e. The van der Waals surface area contributed by atoms with E-state index < -0.39 is 0 Å². The van der Waals surface area contributed by atoms with E-state index in [2.05, 4.69) is 27.3 Å². The van der Waals surface area contributed by atoms with E-state index in [0.717, 1.165) is 46.2 Å². The van der Waals surface area contributed by atoms with Crippen LogP contribution in [0.4, 0.5) is 5.13 Å². The first kappa shape index (κ1) is 21.8. The summed E-state index contributed by atoms with van der Waals surface area (Å²) >= 11 is 10.1. The number of thiocarbonyl (C=S) groups is 1. The number of likely N-dealkylation sites (tertiary alicyclic amines) is 1. The van der Waals surface area contributed by atoms with Crippen LogP contribution in [0.3, 0.4) is 0 Å². The van der Waals surface area contributed by atoms with Crippen LogP contribution in [0.5, 0.6) is 0 Å². The molecule has 7 nitrogen and oxygen atoms in total. The molecule has 0 aromatic carbocycles. The molecule has 1 saturated heterocycles. The van der Waals surface area contributed by atoms with Crippen molar-refractivity contribution in [2.24, 2.45) is 5.92 Å². The van der Waals surface area contributed by atoms with Crippen molar-refractivity contribution in [3.8, 4) is 0 Å². The molecule has 2 aliphatic heterocycles. The monoisotopic (exact) mass is 481 g/mol. The molecule has 2 aliphatic rings. The van der Waals surface area contributed by atoms with Gasteiger partial charge in [0, 0.05) is 37.3 Å². The minimum absolute atomic E-state index is 0.0788. The van der Waals surface area contributed by atoms with E-state index in [9.17, 15) is 9.59 Å². The Labute approximate surface area is 193 Å². The van der Waals surface area contributed by atoms with Crippen molar-refractivity contribution in [2.45, 2.75) is 42.3 Å². The summed E-state index contributed by atoms with van der Waals surface area (Å²) in [6, 6.07) is 5.51. The topological polar surface area (TPSA) is 80.1 Å². The van der Waals surface area contributed by atoms with Gasteiger partial charge in [0.05, 0.1) is 5.25 Å². The number of rotatable bonds is 5. The van der Waals surface area contributed by atoms with Gasteiger partial charge in [0.15, 0.2) is 4.34 Å². The van der Waals surface area contributed by atoms with E-state index in [1.807, 2.05) is 23.6 Å². The number of aromatic nitrogens is 3. The standard InChI is InChI=1S/C19H23N5O2S4/c1-3-28-18-22-21-17(30-18)20-16(26)11(2)29-19(27)23-8-12-7-13(10-23)14-5-4-6-15(25)24(14)9-12/h4-6,11-13H,3,7-10H2,1-2H3,(H,20,21,26). The lowest BCUT2D eigenvalue weighted by atomic mass is 9.83. The highest BCUT2D eigenvalue weighted by molar-refractivity contribution is 8.23. The Morgan fingerprint density at radius 3 is 3.00 bits per heavy atom. The van der Waals surface area contributed by atoms with Crippen molar-refractivity contribution >= 4 is 62.4 Å². The van der Waals surface area contributed by atoms with E-state index >= 15 is 0 Å². The van der Waals surface area contributed by atoms with Gasteiger partial charge >= 0.3 is 0 Å². The molecular weight excluding hydrogens is 459 g/mol. The SMILES string of the molecule is CCSc1nnc(NC(=O)C(C)SC(=S)N2CC3CC(C2)c2cccc(=O)n2C3)s1. The predicted octanol–water partition coefficient (Wildman–Crippen LogP) is 3.28. The lowest BCUT2D eigenvalue weighted by Gasteiger charge is -2.43. The molecule has 4 rings (SSSR count). The summed E-state index contributed by atoms with van der Waals surface area (Å²) in [6.07, 6.45) is 1.08. The fourth-order valence-electron chi connectivity index (χ4n) is 3.97. The molecule has 0 spiro atoms. The largest absolute Gasteiger partial charge is 0.356 e. The molecule has 1 amide bonds. The number of anilines is 1. The van der Waals surface area contributed by atoms with Gasteiger partial charge < -0.3 is 9.47 Å². The van der Waals surface area contributed by atoms with E-state index in [1.165, 1.54) is 23.1 Å². The molecule has 0 radical (unpaired) electrons. The maximum atomic E-state index is 12.6. The highest BCUT2D eigenvalue weighted by Gasteiger charge is 2.36. The van der Waals surface area contributed by atoms with E-state index in [0.29, 0.717) is 17.0 Å². The third kappa shape index (κ3) is 4.74. The number of carbonyl (C=O) groups excluding carboxylic acids is 1. The predicted molar refractivity (Wildman–Crippen MR) is 128 cm³/mol. The van der Waals surface area contributed by atoms with Gasteiger partial charge in [-0.2, -0.15) is 0 Å². The van der Waals surface area contributed by atoms with Gasteiger partial charge in [0.2, 0.25) is 11.0 Å². The van der Waals surface area contributed by atoms with Gasteiger partial charge in [-0.1, -0.05) is 60.1 Å². The summed E-state index contributed by atoms with van der Waals surface area (Å²) < 4.78 is 3.50. The number of piperidine rings is 1. The van der Waals surface area contributed by atoms with Crippen molar-refractivity contribution in [3.63, 3.8) is 0 Å². The van der Waals surface area contributed by atoms with Gasteiger partial charge in [-0.3, -0.25) is 14.9 Å². The summed E-state index contributed by atoms with van der Waals surface area (Å²) in [6.45, 7) is 6.25. The molecule has 2 aromatic rings. The fourth-order valence-corrected chi connectivity index (χ4v) is 6.97. The molecular formula is C19H23N5O2S4. The molecule has 2 bridgehead atoms. The van der Waals surface area contributed by atoms with E-state index in [4.69, 9.17) is 12.2 Å². The summed E-state index contributed by atoms with van der Waals surface area (Å²) in [5, 5.41) is 11.1. The molecule has 30 heavy (non-hydrogen) atoms. The van der Waals surface area contributed by atoms with E-state index in [-0.39, 0.29) is 16.7 Å². The average molecular weight is 482 g/mol. The molecule has 3 atom stereocenters. The van der Waals surface area contributed by atoms with Gasteiger partial charge in [-0.15, -0.1) is 10.2 Å². The molecule has 1 N–H and O–H groups in total. The van der Waals surface area contributed by atoms with Gasteiger partial charge in [0.1, 0.15) is 4.32 Å². The van der Waals surface area contributed by atoms with Crippen LogP contribution in [-0.2, 0) is 11.3 Å². The van der Waals surface area contributed by atoms with Crippen LogP contribution in [0.15, 0.2) is 27.3 Å². The van der Waals surface area contributed by atoms with Crippen molar-refractivity contribution in [1.29, 1.82) is 0 Å². The molecule has 1 fully saturated rings. The summed E-state index contributed by atoms with van der Waals surface area (Å²) in [7, 11) is 0. The minimum atomic E-state index is -0.333. The third-order valence-electron chi connectivity index (χ3n) is 5.29. The molecule has 11 heteroatoms. The lowest BCUT2D eigenvalue weighted by Crippen LogP contribution is -2.48. The zero-order chi connectivity index (χ0) is 21.3. The number of hydrogen-bond donors (Lipinski definition) is 1. The van der Waals surface area contributed by atoms with Crippen molar-refractivity contribution < 1.29 is 4.79 Å². The number of fused-ring (bicyclic) bond motifs is 4. The van der Waals surface area contributed by atoms with Crippen LogP contribution in [0.2, 0.25) is 0 Å². The maximum absolute atomic E-state index is 12.6. The highest BCUT2D eigenvalue weighted by Crippen LogP contribution is 2.36. The molecule has 0 aliphatic carbocycles. The second-order valence-corrected chi connectivity index (χ2v) is 11.9. The number of pyridine rings is 1. The molecule has 2 aromatic heterocycles. The number of nitrogens with one attached hydrogen (secondary N) is 1. The van der Waals surface area contributed by atoms with E-state index in [1.54, 1.807) is 17.8 Å². The number of thioether (sulfide) groups is 2. The molecule has 3 unspecified atom stereocenters. The maximum Gasteiger partial charge on any atom is 0.250 e.